The Hall–Kier alpha value is -0.0400. The molecule has 0 aromatic carbocycles. The Morgan fingerprint density at radius 2 is 1.69 bits per heavy atom. The summed E-state index contributed by atoms with van der Waals surface area (Å²) in [6, 6.07) is 1.62. The van der Waals surface area contributed by atoms with Gasteiger partial charge in [0.2, 0.25) is 0 Å². The van der Waals surface area contributed by atoms with Gasteiger partial charge in [0.05, 0.1) is 0 Å². The highest BCUT2D eigenvalue weighted by Gasteiger charge is 2.56. The smallest absolute Gasteiger partial charge is 0.0178 e. The van der Waals surface area contributed by atoms with Crippen LogP contribution in [0.5, 0.6) is 0 Å². The summed E-state index contributed by atoms with van der Waals surface area (Å²) in [6.07, 6.45) is 4.46. The van der Waals surface area contributed by atoms with Gasteiger partial charge in [-0.3, -0.25) is 4.90 Å². The van der Waals surface area contributed by atoms with E-state index in [0.717, 1.165) is 23.4 Å². The van der Waals surface area contributed by atoms with Crippen LogP contribution in [0.2, 0.25) is 0 Å². The number of nitrogens with zero attached hydrogens (tertiary/aromatic N) is 1. The molecular formula is C12H23N. The van der Waals surface area contributed by atoms with Crippen LogP contribution in [-0.2, 0) is 0 Å². The molecule has 1 unspecified atom stereocenters. The topological polar surface area (TPSA) is 3.24 Å². The molecule has 0 aromatic heterocycles. The molecule has 2 rings (SSSR count). The summed E-state index contributed by atoms with van der Waals surface area (Å²) < 4.78 is 0. The summed E-state index contributed by atoms with van der Waals surface area (Å²) in [4.78, 5) is 2.73. The summed E-state index contributed by atoms with van der Waals surface area (Å²) in [7, 11) is 0. The zero-order valence-corrected chi connectivity index (χ0v) is 9.51. The fourth-order valence-corrected chi connectivity index (χ4v) is 3.37. The predicted octanol–water partition coefficient (Wildman–Crippen LogP) is 2.91. The van der Waals surface area contributed by atoms with Crippen LogP contribution in [0, 0.1) is 11.3 Å². The Bertz CT molecular complexity index is 191. The fraction of sp³-hybridized carbons (Fsp3) is 1.00. The molecule has 13 heavy (non-hydrogen) atoms. The molecule has 76 valence electrons. The largest absolute Gasteiger partial charge is 0.297 e. The van der Waals surface area contributed by atoms with Crippen LogP contribution >= 0.6 is 0 Å². The van der Waals surface area contributed by atoms with E-state index < -0.39 is 0 Å². The molecule has 0 amide bonds. The van der Waals surface area contributed by atoms with Crippen LogP contribution in [-0.4, -0.2) is 23.5 Å². The van der Waals surface area contributed by atoms with Crippen molar-refractivity contribution in [3.8, 4) is 0 Å². The highest BCUT2D eigenvalue weighted by atomic mass is 15.2. The maximum atomic E-state index is 2.73. The van der Waals surface area contributed by atoms with Gasteiger partial charge in [-0.25, -0.2) is 0 Å². The SMILES string of the molecule is CC(C)C1N(C(C)C)CCC12CC2. The second-order valence-electron chi connectivity index (χ2n) is 5.63. The number of likely N-dealkylation sites (tertiary alicyclic amines) is 1. The van der Waals surface area contributed by atoms with E-state index in [4.69, 9.17) is 0 Å². The van der Waals surface area contributed by atoms with Crippen LogP contribution in [0.1, 0.15) is 47.0 Å². The first kappa shape index (κ1) is 9.51. The van der Waals surface area contributed by atoms with Crippen LogP contribution in [0.25, 0.3) is 0 Å². The van der Waals surface area contributed by atoms with Gasteiger partial charge in [0, 0.05) is 12.1 Å². The number of hydrogen-bond donors (Lipinski definition) is 0. The Labute approximate surface area is 82.5 Å². The van der Waals surface area contributed by atoms with Crippen LogP contribution in [0.3, 0.4) is 0 Å². The zero-order chi connectivity index (χ0) is 9.64. The summed E-state index contributed by atoms with van der Waals surface area (Å²) in [5, 5.41) is 0. The normalized spacial score (nSPS) is 32.3. The molecule has 1 saturated carbocycles. The van der Waals surface area contributed by atoms with Gasteiger partial charge in [-0.1, -0.05) is 13.8 Å². The Morgan fingerprint density at radius 3 is 2.08 bits per heavy atom. The third kappa shape index (κ3) is 1.41. The van der Waals surface area contributed by atoms with Crippen LogP contribution in [0.4, 0.5) is 0 Å². The highest BCUT2D eigenvalue weighted by Crippen LogP contribution is 2.59. The maximum absolute atomic E-state index is 2.73. The average molecular weight is 181 g/mol. The van der Waals surface area contributed by atoms with E-state index in [0.29, 0.717) is 0 Å². The molecule has 1 saturated heterocycles. The van der Waals surface area contributed by atoms with Crippen LogP contribution < -0.4 is 0 Å². The lowest BCUT2D eigenvalue weighted by atomic mass is 9.88. The van der Waals surface area contributed by atoms with E-state index in [1.807, 2.05) is 0 Å². The lowest BCUT2D eigenvalue weighted by molar-refractivity contribution is 0.133. The summed E-state index contributed by atoms with van der Waals surface area (Å²) in [6.45, 7) is 10.8. The quantitative estimate of drug-likeness (QED) is 0.633. The highest BCUT2D eigenvalue weighted by molar-refractivity contribution is 5.09. The van der Waals surface area contributed by atoms with Gasteiger partial charge in [0.1, 0.15) is 0 Å². The summed E-state index contributed by atoms with van der Waals surface area (Å²) >= 11 is 0. The first-order valence-corrected chi connectivity index (χ1v) is 5.82. The van der Waals surface area contributed by atoms with Gasteiger partial charge in [-0.05, 0) is 51.0 Å². The van der Waals surface area contributed by atoms with Gasteiger partial charge < -0.3 is 0 Å². The van der Waals surface area contributed by atoms with Crippen molar-refractivity contribution in [1.29, 1.82) is 0 Å². The van der Waals surface area contributed by atoms with Crippen molar-refractivity contribution in [2.24, 2.45) is 11.3 Å². The first-order valence-electron chi connectivity index (χ1n) is 5.82. The summed E-state index contributed by atoms with van der Waals surface area (Å²) in [5.41, 5.74) is 0.762. The van der Waals surface area contributed by atoms with E-state index in [1.54, 1.807) is 0 Å². The van der Waals surface area contributed by atoms with Crippen molar-refractivity contribution in [3.05, 3.63) is 0 Å². The Kier molecular flexibility index (Phi) is 2.18. The lowest BCUT2D eigenvalue weighted by Crippen LogP contribution is -2.41. The summed E-state index contributed by atoms with van der Waals surface area (Å²) in [5.74, 6) is 0.840. The lowest BCUT2D eigenvalue weighted by Gasteiger charge is -2.34. The van der Waals surface area contributed by atoms with Gasteiger partial charge in [-0.2, -0.15) is 0 Å². The molecule has 1 atom stereocenters. The van der Waals surface area contributed by atoms with Crippen molar-refractivity contribution < 1.29 is 0 Å². The minimum Gasteiger partial charge on any atom is -0.297 e. The molecule has 0 radical (unpaired) electrons. The Balaban J connectivity index is 2.14. The predicted molar refractivity (Wildman–Crippen MR) is 56.8 cm³/mol. The molecule has 1 heteroatoms. The zero-order valence-electron chi connectivity index (χ0n) is 9.51. The molecule has 0 aromatic rings. The molecule has 2 aliphatic rings. The number of hydrogen-bond acceptors (Lipinski definition) is 1. The third-order valence-electron chi connectivity index (χ3n) is 4.04. The molecule has 2 fully saturated rings. The standard InChI is InChI=1S/C12H23N/c1-9(2)11-12(5-6-12)7-8-13(11)10(3)4/h9-11H,5-8H2,1-4H3. The van der Waals surface area contributed by atoms with Gasteiger partial charge >= 0.3 is 0 Å². The monoisotopic (exact) mass is 181 g/mol. The van der Waals surface area contributed by atoms with Crippen molar-refractivity contribution in [2.75, 3.05) is 6.54 Å². The minimum atomic E-state index is 0.743. The second-order valence-corrected chi connectivity index (χ2v) is 5.63. The van der Waals surface area contributed by atoms with Crippen molar-refractivity contribution >= 4 is 0 Å². The third-order valence-corrected chi connectivity index (χ3v) is 4.04. The molecule has 0 bridgehead atoms. The molecule has 1 aliphatic carbocycles. The molecular weight excluding hydrogens is 158 g/mol. The van der Waals surface area contributed by atoms with Gasteiger partial charge in [0.15, 0.2) is 0 Å². The molecule has 0 N–H and O–H groups in total. The van der Waals surface area contributed by atoms with Gasteiger partial charge in [-0.15, -0.1) is 0 Å². The molecule has 1 nitrogen and oxygen atoms in total. The van der Waals surface area contributed by atoms with E-state index in [-0.39, 0.29) is 0 Å². The number of rotatable bonds is 2. The molecule has 1 heterocycles. The van der Waals surface area contributed by atoms with E-state index >= 15 is 0 Å². The van der Waals surface area contributed by atoms with E-state index in [2.05, 4.69) is 32.6 Å². The molecule has 1 spiro atoms. The minimum absolute atomic E-state index is 0.743. The van der Waals surface area contributed by atoms with Crippen molar-refractivity contribution in [2.45, 2.75) is 59.0 Å². The maximum Gasteiger partial charge on any atom is 0.0178 e. The second kappa shape index (κ2) is 2.98. The fourth-order valence-electron chi connectivity index (χ4n) is 3.37. The van der Waals surface area contributed by atoms with Gasteiger partial charge in [0.25, 0.3) is 0 Å². The Morgan fingerprint density at radius 1 is 1.08 bits per heavy atom. The van der Waals surface area contributed by atoms with Crippen LogP contribution in [0.15, 0.2) is 0 Å². The average Bonchev–Trinajstić information content (AvgIpc) is 2.61. The molecule has 1 aliphatic heterocycles. The first-order chi connectivity index (χ1) is 6.07. The van der Waals surface area contributed by atoms with E-state index in [9.17, 15) is 0 Å². The van der Waals surface area contributed by atoms with Crippen molar-refractivity contribution in [3.63, 3.8) is 0 Å². The van der Waals surface area contributed by atoms with E-state index in [1.165, 1.54) is 25.8 Å². The van der Waals surface area contributed by atoms with Crippen molar-refractivity contribution in [1.82, 2.24) is 4.90 Å².